The fraction of sp³-hybridized carbons (Fsp3) is 0.107. The maximum absolute atomic E-state index is 12.8. The molecule has 0 spiro atoms. The molecule has 0 fully saturated rings. The van der Waals surface area contributed by atoms with Gasteiger partial charge in [0.15, 0.2) is 0 Å². The van der Waals surface area contributed by atoms with Crippen molar-refractivity contribution in [3.63, 3.8) is 0 Å². The largest absolute Gasteiger partial charge is 0.511 e. The molecule has 0 aliphatic rings. The van der Waals surface area contributed by atoms with E-state index in [4.69, 9.17) is 21.4 Å². The summed E-state index contributed by atoms with van der Waals surface area (Å²) in [5.41, 5.74) is 4.25. The summed E-state index contributed by atoms with van der Waals surface area (Å²) < 4.78 is 10.5. The minimum absolute atomic E-state index is 0.265. The Morgan fingerprint density at radius 2 is 1.64 bits per heavy atom. The molecule has 4 rings (SSSR count). The lowest BCUT2D eigenvalue weighted by Crippen LogP contribution is -2.26. The molecule has 0 atom stereocenters. The van der Waals surface area contributed by atoms with Crippen LogP contribution in [0.25, 0.3) is 11.1 Å². The van der Waals surface area contributed by atoms with Gasteiger partial charge >= 0.3 is 6.16 Å². The number of hydrogen-bond acceptors (Lipinski definition) is 5. The topological polar surface area (TPSA) is 97.8 Å². The van der Waals surface area contributed by atoms with Crippen LogP contribution in [0.5, 0.6) is 11.5 Å². The molecule has 1 heterocycles. The zero-order valence-electron chi connectivity index (χ0n) is 19.2. The first-order chi connectivity index (χ1) is 17.5. The van der Waals surface area contributed by atoms with Crippen molar-refractivity contribution >= 4 is 23.7 Å². The highest BCUT2D eigenvalue weighted by atomic mass is 35.5. The maximum atomic E-state index is 12.8. The summed E-state index contributed by atoms with van der Waals surface area (Å²) in [5.74, 6) is 0.452. The summed E-state index contributed by atoms with van der Waals surface area (Å²) in [6.45, 7) is 0.728. The van der Waals surface area contributed by atoms with Gasteiger partial charge in [-0.15, -0.1) is 0 Å². The van der Waals surface area contributed by atoms with Gasteiger partial charge in [-0.3, -0.25) is 9.78 Å². The lowest BCUT2D eigenvalue weighted by molar-refractivity contribution is 0.0949. The number of pyridine rings is 1. The van der Waals surface area contributed by atoms with E-state index in [0.717, 1.165) is 22.3 Å². The second-order valence-corrected chi connectivity index (χ2v) is 8.32. The molecule has 0 saturated heterocycles. The molecule has 0 aliphatic heterocycles. The lowest BCUT2D eigenvalue weighted by Gasteiger charge is -2.12. The number of benzene rings is 3. The third-order valence-corrected chi connectivity index (χ3v) is 5.58. The Balaban J connectivity index is 1.32. The van der Waals surface area contributed by atoms with Gasteiger partial charge in [0.1, 0.15) is 18.1 Å². The van der Waals surface area contributed by atoms with E-state index in [1.165, 1.54) is 0 Å². The van der Waals surface area contributed by atoms with E-state index in [-0.39, 0.29) is 18.3 Å². The Hall–Kier alpha value is -4.36. The standard InChI is InChI=1S/C28H23ClN2O5/c29-23-9-12-26(35-18-20-2-1-14-30-17-20)25(16-23)27(32)31-15-13-19-3-5-21(6-4-19)22-7-10-24(11-8-22)36-28(33)34/h1-12,14,16-17H,13,15,18H2,(H,31,32)(H,33,34). The van der Waals surface area contributed by atoms with E-state index in [1.807, 2.05) is 36.4 Å². The van der Waals surface area contributed by atoms with Crippen LogP contribution in [-0.2, 0) is 13.0 Å². The van der Waals surface area contributed by atoms with Crippen molar-refractivity contribution in [2.75, 3.05) is 6.54 Å². The SMILES string of the molecule is O=C(O)Oc1ccc(-c2ccc(CCNC(=O)c3cc(Cl)ccc3OCc3cccnc3)cc2)cc1. The number of halogens is 1. The highest BCUT2D eigenvalue weighted by Crippen LogP contribution is 2.25. The molecule has 0 unspecified atom stereocenters. The highest BCUT2D eigenvalue weighted by molar-refractivity contribution is 6.31. The fourth-order valence-electron chi connectivity index (χ4n) is 3.55. The van der Waals surface area contributed by atoms with Gasteiger partial charge in [-0.25, -0.2) is 4.79 Å². The zero-order valence-corrected chi connectivity index (χ0v) is 19.9. The van der Waals surface area contributed by atoms with Crippen molar-refractivity contribution in [3.05, 3.63) is 113 Å². The molecule has 1 aromatic heterocycles. The number of carbonyl (C=O) groups is 2. The van der Waals surface area contributed by atoms with Gasteiger partial charge in [0.25, 0.3) is 5.91 Å². The van der Waals surface area contributed by atoms with Crippen LogP contribution in [0.4, 0.5) is 4.79 Å². The molecule has 1 amide bonds. The lowest BCUT2D eigenvalue weighted by atomic mass is 10.0. The highest BCUT2D eigenvalue weighted by Gasteiger charge is 2.14. The summed E-state index contributed by atoms with van der Waals surface area (Å²) in [6, 6.07) is 23.4. The molecule has 36 heavy (non-hydrogen) atoms. The molecule has 0 radical (unpaired) electrons. The molecule has 0 aliphatic carbocycles. The number of carbonyl (C=O) groups excluding carboxylic acids is 1. The van der Waals surface area contributed by atoms with Gasteiger partial charge in [-0.1, -0.05) is 54.1 Å². The molecular formula is C28H23ClN2O5. The molecular weight excluding hydrogens is 480 g/mol. The van der Waals surface area contributed by atoms with Gasteiger partial charge in [-0.05, 0) is 59.5 Å². The third kappa shape index (κ3) is 6.84. The van der Waals surface area contributed by atoms with Crippen molar-refractivity contribution in [2.24, 2.45) is 0 Å². The van der Waals surface area contributed by atoms with E-state index < -0.39 is 6.16 Å². The van der Waals surface area contributed by atoms with E-state index in [2.05, 4.69) is 15.0 Å². The Morgan fingerprint density at radius 1 is 0.917 bits per heavy atom. The van der Waals surface area contributed by atoms with Gasteiger partial charge in [0, 0.05) is 29.5 Å². The molecule has 7 nitrogen and oxygen atoms in total. The molecule has 2 N–H and O–H groups in total. The number of rotatable bonds is 9. The van der Waals surface area contributed by atoms with Crippen molar-refractivity contribution in [1.82, 2.24) is 10.3 Å². The average molecular weight is 503 g/mol. The summed E-state index contributed by atoms with van der Waals surface area (Å²) >= 11 is 6.13. The number of amides is 1. The van der Waals surface area contributed by atoms with Crippen LogP contribution in [0.1, 0.15) is 21.5 Å². The number of carboxylic acid groups (broad SMARTS) is 1. The fourth-order valence-corrected chi connectivity index (χ4v) is 3.72. The van der Waals surface area contributed by atoms with E-state index >= 15 is 0 Å². The Morgan fingerprint density at radius 3 is 2.31 bits per heavy atom. The zero-order chi connectivity index (χ0) is 25.3. The summed E-state index contributed by atoms with van der Waals surface area (Å²) in [5, 5.41) is 12.1. The van der Waals surface area contributed by atoms with E-state index in [9.17, 15) is 9.59 Å². The normalized spacial score (nSPS) is 10.5. The van der Waals surface area contributed by atoms with Crippen molar-refractivity contribution in [2.45, 2.75) is 13.0 Å². The van der Waals surface area contributed by atoms with Gasteiger partial charge in [0.05, 0.1) is 5.56 Å². The van der Waals surface area contributed by atoms with Gasteiger partial charge in [-0.2, -0.15) is 0 Å². The van der Waals surface area contributed by atoms with E-state index in [1.54, 1.807) is 54.9 Å². The van der Waals surface area contributed by atoms with Crippen molar-refractivity contribution < 1.29 is 24.2 Å². The van der Waals surface area contributed by atoms with Crippen molar-refractivity contribution in [3.8, 4) is 22.6 Å². The summed E-state index contributed by atoms with van der Waals surface area (Å²) in [7, 11) is 0. The monoisotopic (exact) mass is 502 g/mol. The average Bonchev–Trinajstić information content (AvgIpc) is 2.89. The number of nitrogens with one attached hydrogen (secondary N) is 1. The van der Waals surface area contributed by atoms with Gasteiger partial charge in [0.2, 0.25) is 0 Å². The Bertz CT molecular complexity index is 1330. The van der Waals surface area contributed by atoms with Crippen LogP contribution in [0.2, 0.25) is 5.02 Å². The number of ether oxygens (including phenoxy) is 2. The first-order valence-corrected chi connectivity index (χ1v) is 11.6. The Kier molecular flexibility index (Phi) is 8.16. The second-order valence-electron chi connectivity index (χ2n) is 7.89. The summed E-state index contributed by atoms with van der Waals surface area (Å²) in [4.78, 5) is 27.5. The van der Waals surface area contributed by atoms with Gasteiger partial charge < -0.3 is 19.9 Å². The first-order valence-electron chi connectivity index (χ1n) is 11.2. The molecule has 0 saturated carbocycles. The van der Waals surface area contributed by atoms with Crippen LogP contribution >= 0.6 is 11.6 Å². The number of hydrogen-bond donors (Lipinski definition) is 2. The number of nitrogens with zero attached hydrogens (tertiary/aromatic N) is 1. The minimum Gasteiger partial charge on any atom is -0.488 e. The quantitative estimate of drug-likeness (QED) is 0.215. The molecule has 4 aromatic rings. The molecule has 8 heteroatoms. The first kappa shape index (κ1) is 24.8. The van der Waals surface area contributed by atoms with Crippen LogP contribution in [0, 0.1) is 0 Å². The smallest absolute Gasteiger partial charge is 0.488 e. The summed E-state index contributed by atoms with van der Waals surface area (Å²) in [6.07, 6.45) is 2.70. The van der Waals surface area contributed by atoms with Crippen LogP contribution in [-0.4, -0.2) is 28.7 Å². The minimum atomic E-state index is -1.34. The predicted molar refractivity (Wildman–Crippen MR) is 137 cm³/mol. The molecule has 3 aromatic carbocycles. The molecule has 0 bridgehead atoms. The van der Waals surface area contributed by atoms with Crippen molar-refractivity contribution in [1.29, 1.82) is 0 Å². The van der Waals surface area contributed by atoms with E-state index in [0.29, 0.717) is 29.3 Å². The Labute approximate surface area is 213 Å². The molecule has 182 valence electrons. The van der Waals surface area contributed by atoms with Crippen LogP contribution in [0.3, 0.4) is 0 Å². The number of aromatic nitrogens is 1. The predicted octanol–water partition coefficient (Wildman–Crippen LogP) is 6.01. The van der Waals surface area contributed by atoms with Crippen LogP contribution < -0.4 is 14.8 Å². The van der Waals surface area contributed by atoms with Crippen LogP contribution in [0.15, 0.2) is 91.3 Å². The second kappa shape index (κ2) is 11.9. The third-order valence-electron chi connectivity index (χ3n) is 5.35. The maximum Gasteiger partial charge on any atom is 0.511 e.